The maximum absolute atomic E-state index is 13.2. The van der Waals surface area contributed by atoms with Gasteiger partial charge in [0, 0.05) is 12.1 Å². The first-order valence-electron chi connectivity index (χ1n) is 11.1. The van der Waals surface area contributed by atoms with Gasteiger partial charge in [0.1, 0.15) is 10.6 Å². The van der Waals surface area contributed by atoms with Gasteiger partial charge in [0.05, 0.1) is 29.1 Å². The lowest BCUT2D eigenvalue weighted by Crippen LogP contribution is -2.16. The SMILES string of the molecule is CCCCOc1ccc(C=NNc2ccc([N+](=O)[O-])cc2S(=O)(=O)Nc2ccc(C)cc2C)cc1. The maximum atomic E-state index is 13.2. The van der Waals surface area contributed by atoms with E-state index in [2.05, 4.69) is 22.2 Å². The highest BCUT2D eigenvalue weighted by Gasteiger charge is 2.23. The number of anilines is 2. The number of benzene rings is 3. The standard InChI is InChI=1S/C25H28N4O5S/c1-4-5-14-34-22-10-7-20(8-11-22)17-26-27-24-13-9-21(29(30)31)16-25(24)35(32,33)28-23-12-6-18(2)15-19(23)3/h6-13,15-17,27-28H,4-5,14H2,1-3H3. The molecule has 0 amide bonds. The fourth-order valence-electron chi connectivity index (χ4n) is 3.23. The molecule has 0 aromatic heterocycles. The number of nitrogens with one attached hydrogen (secondary N) is 2. The van der Waals surface area contributed by atoms with Crippen LogP contribution in [0, 0.1) is 24.0 Å². The Balaban J connectivity index is 1.82. The quantitative estimate of drug-likeness (QED) is 0.153. The van der Waals surface area contributed by atoms with E-state index in [4.69, 9.17) is 4.74 Å². The Bertz CT molecular complexity index is 1320. The lowest BCUT2D eigenvalue weighted by molar-refractivity contribution is -0.385. The second-order valence-corrected chi connectivity index (χ2v) is 9.65. The molecule has 0 unspecified atom stereocenters. The van der Waals surface area contributed by atoms with Crippen molar-refractivity contribution in [2.45, 2.75) is 38.5 Å². The van der Waals surface area contributed by atoms with E-state index in [1.54, 1.807) is 19.1 Å². The third-order valence-corrected chi connectivity index (χ3v) is 6.54. The van der Waals surface area contributed by atoms with Crippen molar-refractivity contribution >= 4 is 33.3 Å². The molecule has 0 aliphatic rings. The molecule has 0 atom stereocenters. The number of nitro groups is 1. The van der Waals surface area contributed by atoms with E-state index in [1.165, 1.54) is 18.3 Å². The minimum atomic E-state index is -4.15. The molecule has 2 N–H and O–H groups in total. The number of unbranched alkanes of at least 4 members (excludes halogenated alkanes) is 1. The normalized spacial score (nSPS) is 11.4. The van der Waals surface area contributed by atoms with Gasteiger partial charge in [-0.3, -0.25) is 20.3 Å². The van der Waals surface area contributed by atoms with E-state index in [9.17, 15) is 18.5 Å². The van der Waals surface area contributed by atoms with Gasteiger partial charge in [-0.1, -0.05) is 31.0 Å². The highest BCUT2D eigenvalue weighted by molar-refractivity contribution is 7.92. The summed E-state index contributed by atoms with van der Waals surface area (Å²) in [5, 5.41) is 15.4. The van der Waals surface area contributed by atoms with Crippen LogP contribution in [-0.4, -0.2) is 26.2 Å². The Hall–Kier alpha value is -3.92. The number of rotatable bonds is 11. The summed E-state index contributed by atoms with van der Waals surface area (Å²) >= 11 is 0. The molecule has 0 fully saturated rings. The second-order valence-electron chi connectivity index (χ2n) is 8.00. The number of hydrogen-bond acceptors (Lipinski definition) is 7. The Labute approximate surface area is 205 Å². The number of non-ortho nitro benzene ring substituents is 1. The van der Waals surface area contributed by atoms with Gasteiger partial charge in [-0.05, 0) is 67.8 Å². The van der Waals surface area contributed by atoms with Gasteiger partial charge in [-0.15, -0.1) is 0 Å². The lowest BCUT2D eigenvalue weighted by Gasteiger charge is -2.14. The van der Waals surface area contributed by atoms with Gasteiger partial charge < -0.3 is 4.74 Å². The first-order valence-corrected chi connectivity index (χ1v) is 12.6. The molecule has 10 heteroatoms. The first kappa shape index (κ1) is 25.7. The lowest BCUT2D eigenvalue weighted by atomic mass is 10.1. The van der Waals surface area contributed by atoms with Gasteiger partial charge in [-0.25, -0.2) is 8.42 Å². The third kappa shape index (κ3) is 7.03. The molecule has 3 aromatic carbocycles. The first-order chi connectivity index (χ1) is 16.7. The molecule has 184 valence electrons. The van der Waals surface area contributed by atoms with E-state index >= 15 is 0 Å². The van der Waals surface area contributed by atoms with Crippen LogP contribution in [0.4, 0.5) is 17.1 Å². The molecule has 0 saturated carbocycles. The molecule has 3 aromatic rings. The second kappa shape index (κ2) is 11.5. The van der Waals surface area contributed by atoms with Crippen LogP contribution in [0.3, 0.4) is 0 Å². The summed E-state index contributed by atoms with van der Waals surface area (Å²) in [6.07, 6.45) is 3.55. The molecular weight excluding hydrogens is 468 g/mol. The predicted octanol–water partition coefficient (Wildman–Crippen LogP) is 5.64. The molecule has 0 heterocycles. The highest BCUT2D eigenvalue weighted by atomic mass is 32.2. The summed E-state index contributed by atoms with van der Waals surface area (Å²) in [6.45, 7) is 6.43. The van der Waals surface area contributed by atoms with Crippen molar-refractivity contribution in [1.29, 1.82) is 0 Å². The fraction of sp³-hybridized carbons (Fsp3) is 0.240. The van der Waals surface area contributed by atoms with Crippen LogP contribution in [0.5, 0.6) is 5.75 Å². The highest BCUT2D eigenvalue weighted by Crippen LogP contribution is 2.29. The maximum Gasteiger partial charge on any atom is 0.270 e. The number of nitro benzene ring substituents is 1. The predicted molar refractivity (Wildman–Crippen MR) is 138 cm³/mol. The third-order valence-electron chi connectivity index (χ3n) is 5.14. The molecule has 9 nitrogen and oxygen atoms in total. The average Bonchev–Trinajstić information content (AvgIpc) is 2.82. The van der Waals surface area contributed by atoms with E-state index < -0.39 is 14.9 Å². The minimum Gasteiger partial charge on any atom is -0.494 e. The fourth-order valence-corrected chi connectivity index (χ4v) is 4.54. The van der Waals surface area contributed by atoms with Crippen LogP contribution < -0.4 is 14.9 Å². The minimum absolute atomic E-state index is 0.101. The zero-order chi connectivity index (χ0) is 25.4. The molecule has 0 bridgehead atoms. The van der Waals surface area contributed by atoms with Gasteiger partial charge in [0.25, 0.3) is 15.7 Å². The Kier molecular flexibility index (Phi) is 8.43. The Morgan fingerprint density at radius 3 is 2.40 bits per heavy atom. The zero-order valence-electron chi connectivity index (χ0n) is 19.8. The average molecular weight is 497 g/mol. The number of ether oxygens (including phenoxy) is 1. The van der Waals surface area contributed by atoms with Crippen LogP contribution in [0.25, 0.3) is 0 Å². The van der Waals surface area contributed by atoms with E-state index in [0.717, 1.165) is 41.3 Å². The summed E-state index contributed by atoms with van der Waals surface area (Å²) in [5.41, 5.74) is 5.31. The van der Waals surface area contributed by atoms with Crippen LogP contribution in [0.2, 0.25) is 0 Å². The molecule has 35 heavy (non-hydrogen) atoms. The molecule has 0 radical (unpaired) electrons. The molecular formula is C25H28N4O5S. The van der Waals surface area contributed by atoms with E-state index in [0.29, 0.717) is 12.3 Å². The summed E-state index contributed by atoms with van der Waals surface area (Å²) < 4.78 is 34.5. The number of hydrazone groups is 1. The van der Waals surface area contributed by atoms with Crippen molar-refractivity contribution in [3.8, 4) is 5.75 Å². The number of aryl methyl sites for hydroxylation is 2. The Morgan fingerprint density at radius 2 is 1.74 bits per heavy atom. The zero-order valence-corrected chi connectivity index (χ0v) is 20.6. The van der Waals surface area contributed by atoms with Crippen LogP contribution in [0.1, 0.15) is 36.5 Å². The number of hydrogen-bond donors (Lipinski definition) is 2. The summed E-state index contributed by atoms with van der Waals surface area (Å²) in [5.74, 6) is 0.754. The summed E-state index contributed by atoms with van der Waals surface area (Å²) in [6, 6.07) is 16.1. The molecule has 3 rings (SSSR count). The van der Waals surface area contributed by atoms with Crippen molar-refractivity contribution in [3.63, 3.8) is 0 Å². The van der Waals surface area contributed by atoms with Crippen molar-refractivity contribution in [2.75, 3.05) is 16.8 Å². The van der Waals surface area contributed by atoms with Crippen LogP contribution in [-0.2, 0) is 10.0 Å². The number of nitrogens with zero attached hydrogens (tertiary/aromatic N) is 2. The van der Waals surface area contributed by atoms with Gasteiger partial charge in [0.15, 0.2) is 0 Å². The largest absolute Gasteiger partial charge is 0.494 e. The van der Waals surface area contributed by atoms with Crippen molar-refractivity contribution < 1.29 is 18.1 Å². The summed E-state index contributed by atoms with van der Waals surface area (Å²) in [4.78, 5) is 10.3. The van der Waals surface area contributed by atoms with Crippen molar-refractivity contribution in [1.82, 2.24) is 0 Å². The smallest absolute Gasteiger partial charge is 0.270 e. The van der Waals surface area contributed by atoms with Gasteiger partial charge in [0.2, 0.25) is 0 Å². The topological polar surface area (TPSA) is 123 Å². The van der Waals surface area contributed by atoms with Crippen LogP contribution >= 0.6 is 0 Å². The van der Waals surface area contributed by atoms with E-state index in [-0.39, 0.29) is 16.3 Å². The summed E-state index contributed by atoms with van der Waals surface area (Å²) in [7, 11) is -4.15. The molecule has 0 aliphatic heterocycles. The monoisotopic (exact) mass is 496 g/mol. The van der Waals surface area contributed by atoms with Gasteiger partial charge >= 0.3 is 0 Å². The Morgan fingerprint density at radius 1 is 1.03 bits per heavy atom. The van der Waals surface area contributed by atoms with E-state index in [1.807, 2.05) is 37.3 Å². The molecule has 0 aliphatic carbocycles. The molecule has 0 saturated heterocycles. The van der Waals surface area contributed by atoms with Crippen LogP contribution in [0.15, 0.2) is 70.7 Å². The van der Waals surface area contributed by atoms with Crippen molar-refractivity contribution in [3.05, 3.63) is 87.5 Å². The number of sulfonamides is 1. The van der Waals surface area contributed by atoms with Gasteiger partial charge in [-0.2, -0.15) is 5.10 Å². The molecule has 0 spiro atoms. The van der Waals surface area contributed by atoms with Crippen molar-refractivity contribution in [2.24, 2.45) is 5.10 Å².